The van der Waals surface area contributed by atoms with Crippen molar-refractivity contribution in [3.05, 3.63) is 18.0 Å². The third kappa shape index (κ3) is 3.82. The maximum Gasteiger partial charge on any atom is 0.352 e. The molecule has 1 rings (SSSR count). The summed E-state index contributed by atoms with van der Waals surface area (Å²) >= 11 is 0. The average Bonchev–Trinajstić information content (AvgIpc) is 2.79. The van der Waals surface area contributed by atoms with E-state index in [9.17, 15) is 18.0 Å². The topological polar surface area (TPSA) is 109 Å². The molecular formula is C12H19N3O5S. The third-order valence-corrected chi connectivity index (χ3v) is 4.77. The van der Waals surface area contributed by atoms with Crippen LogP contribution in [0.1, 0.15) is 24.3 Å². The highest BCUT2D eigenvalue weighted by molar-refractivity contribution is 7.89. The van der Waals surface area contributed by atoms with Gasteiger partial charge in [0, 0.05) is 26.3 Å². The minimum Gasteiger partial charge on any atom is -0.477 e. The summed E-state index contributed by atoms with van der Waals surface area (Å²) in [4.78, 5) is 22.4. The van der Waals surface area contributed by atoms with Crippen LogP contribution < -0.4 is 5.32 Å². The summed E-state index contributed by atoms with van der Waals surface area (Å²) < 4.78 is 27.1. The lowest BCUT2D eigenvalue weighted by molar-refractivity contribution is -0.121. The van der Waals surface area contributed by atoms with Gasteiger partial charge in [0.1, 0.15) is 10.6 Å². The molecule has 0 bridgehead atoms. The van der Waals surface area contributed by atoms with E-state index in [-0.39, 0.29) is 23.7 Å². The zero-order valence-corrected chi connectivity index (χ0v) is 13.0. The molecule has 118 valence electrons. The van der Waals surface area contributed by atoms with E-state index in [1.165, 1.54) is 17.8 Å². The number of aryl methyl sites for hydroxylation is 1. The van der Waals surface area contributed by atoms with Crippen LogP contribution >= 0.6 is 0 Å². The average molecular weight is 317 g/mol. The summed E-state index contributed by atoms with van der Waals surface area (Å²) in [7, 11) is -2.46. The number of aromatic carboxylic acids is 1. The summed E-state index contributed by atoms with van der Waals surface area (Å²) in [5.41, 5.74) is -0.136. The molecule has 0 unspecified atom stereocenters. The molecule has 0 aliphatic carbocycles. The number of sulfonamides is 1. The molecule has 2 N–H and O–H groups in total. The highest BCUT2D eigenvalue weighted by Gasteiger charge is 2.27. The van der Waals surface area contributed by atoms with Gasteiger partial charge < -0.3 is 15.0 Å². The lowest BCUT2D eigenvalue weighted by atomic mass is 10.4. The van der Waals surface area contributed by atoms with Gasteiger partial charge in [0.05, 0.1) is 6.54 Å². The second kappa shape index (κ2) is 6.72. The number of carbonyl (C=O) groups is 2. The molecule has 0 fully saturated rings. The second-order valence-corrected chi connectivity index (χ2v) is 6.30. The minimum absolute atomic E-state index is 0.108. The maximum absolute atomic E-state index is 12.4. The quantitative estimate of drug-likeness (QED) is 0.728. The number of rotatable bonds is 7. The third-order valence-electron chi connectivity index (χ3n) is 2.88. The second-order valence-electron chi connectivity index (χ2n) is 4.36. The standard InChI is InChI=1S/C12H19N3O5S/c1-4-13-11(16)8-15(5-2)21(19,20)9-6-10(12(17)18)14(3)7-9/h6-7H,4-5,8H2,1-3H3,(H,13,16)(H,17,18). The molecule has 9 heteroatoms. The molecular weight excluding hydrogens is 298 g/mol. The van der Waals surface area contributed by atoms with Crippen molar-refractivity contribution in [2.24, 2.45) is 7.05 Å². The maximum atomic E-state index is 12.4. The van der Waals surface area contributed by atoms with Crippen molar-refractivity contribution in [1.29, 1.82) is 0 Å². The minimum atomic E-state index is -3.91. The molecule has 21 heavy (non-hydrogen) atoms. The summed E-state index contributed by atoms with van der Waals surface area (Å²) in [6.07, 6.45) is 1.22. The Bertz CT molecular complexity index is 635. The van der Waals surface area contributed by atoms with Crippen LogP contribution in [0.5, 0.6) is 0 Å². The lowest BCUT2D eigenvalue weighted by Gasteiger charge is -2.18. The molecule has 1 heterocycles. The number of hydrogen-bond acceptors (Lipinski definition) is 4. The van der Waals surface area contributed by atoms with E-state index in [0.717, 1.165) is 10.4 Å². The molecule has 0 atom stereocenters. The molecule has 0 radical (unpaired) electrons. The molecule has 0 spiro atoms. The van der Waals surface area contributed by atoms with E-state index in [1.54, 1.807) is 13.8 Å². The van der Waals surface area contributed by atoms with Gasteiger partial charge in [-0.3, -0.25) is 4.79 Å². The van der Waals surface area contributed by atoms with Crippen LogP contribution in [0.2, 0.25) is 0 Å². The zero-order valence-electron chi connectivity index (χ0n) is 12.2. The van der Waals surface area contributed by atoms with E-state index < -0.39 is 21.9 Å². The van der Waals surface area contributed by atoms with Crippen molar-refractivity contribution in [2.75, 3.05) is 19.6 Å². The van der Waals surface area contributed by atoms with Crippen molar-refractivity contribution < 1.29 is 23.1 Å². The molecule has 0 saturated heterocycles. The van der Waals surface area contributed by atoms with Crippen LogP contribution in [0.15, 0.2) is 17.2 Å². The molecule has 8 nitrogen and oxygen atoms in total. The fourth-order valence-electron chi connectivity index (χ4n) is 1.82. The van der Waals surface area contributed by atoms with E-state index >= 15 is 0 Å². The Hall–Kier alpha value is -1.87. The molecule has 1 aromatic rings. The number of likely N-dealkylation sites (N-methyl/N-ethyl adjacent to an activating group) is 2. The molecule has 0 aliphatic heterocycles. The first-order valence-corrected chi connectivity index (χ1v) is 7.84. The largest absolute Gasteiger partial charge is 0.477 e. The predicted octanol–water partition coefficient (Wildman–Crippen LogP) is -0.130. The summed E-state index contributed by atoms with van der Waals surface area (Å²) in [5, 5.41) is 11.5. The van der Waals surface area contributed by atoms with Crippen molar-refractivity contribution in [2.45, 2.75) is 18.7 Å². The van der Waals surface area contributed by atoms with Crippen molar-refractivity contribution in [1.82, 2.24) is 14.2 Å². The van der Waals surface area contributed by atoms with Crippen LogP contribution in [0.3, 0.4) is 0 Å². The number of nitrogens with zero attached hydrogens (tertiary/aromatic N) is 2. The van der Waals surface area contributed by atoms with E-state index in [4.69, 9.17) is 5.11 Å². The summed E-state index contributed by atoms with van der Waals surface area (Å²) in [6, 6.07) is 1.08. The van der Waals surface area contributed by atoms with Gasteiger partial charge in [-0.1, -0.05) is 6.92 Å². The van der Waals surface area contributed by atoms with Gasteiger partial charge in [-0.15, -0.1) is 0 Å². The Labute approximate surface area is 123 Å². The highest BCUT2D eigenvalue weighted by Crippen LogP contribution is 2.18. The summed E-state index contributed by atoms with van der Waals surface area (Å²) in [6.45, 7) is 3.56. The number of carboxylic acids is 1. The van der Waals surface area contributed by atoms with Crippen molar-refractivity contribution in [3.8, 4) is 0 Å². The fourth-order valence-corrected chi connectivity index (χ4v) is 3.29. The van der Waals surface area contributed by atoms with Gasteiger partial charge in [0.25, 0.3) is 0 Å². The first kappa shape index (κ1) is 17.2. The monoisotopic (exact) mass is 317 g/mol. The van der Waals surface area contributed by atoms with Gasteiger partial charge in [-0.05, 0) is 13.0 Å². The Morgan fingerprint density at radius 2 is 2.00 bits per heavy atom. The summed E-state index contributed by atoms with van der Waals surface area (Å²) in [5.74, 6) is -1.62. The van der Waals surface area contributed by atoms with Crippen molar-refractivity contribution in [3.63, 3.8) is 0 Å². The number of amides is 1. The number of aromatic nitrogens is 1. The van der Waals surface area contributed by atoms with Crippen molar-refractivity contribution >= 4 is 21.9 Å². The number of nitrogens with one attached hydrogen (secondary N) is 1. The van der Waals surface area contributed by atoms with Gasteiger partial charge in [-0.2, -0.15) is 4.31 Å². The predicted molar refractivity (Wildman–Crippen MR) is 75.5 cm³/mol. The fraction of sp³-hybridized carbons (Fsp3) is 0.500. The number of carbonyl (C=O) groups excluding carboxylic acids is 1. The number of hydrogen-bond donors (Lipinski definition) is 2. The van der Waals surface area contributed by atoms with Gasteiger partial charge >= 0.3 is 5.97 Å². The van der Waals surface area contributed by atoms with E-state index in [2.05, 4.69) is 5.32 Å². The molecule has 1 aromatic heterocycles. The smallest absolute Gasteiger partial charge is 0.352 e. The van der Waals surface area contributed by atoms with Crippen LogP contribution in [-0.2, 0) is 21.9 Å². The van der Waals surface area contributed by atoms with Crippen LogP contribution in [0, 0.1) is 0 Å². The van der Waals surface area contributed by atoms with Gasteiger partial charge in [0.15, 0.2) is 0 Å². The van der Waals surface area contributed by atoms with Crippen LogP contribution in [-0.4, -0.2) is 53.9 Å². The first-order chi connectivity index (χ1) is 9.73. The van der Waals surface area contributed by atoms with E-state index in [1.807, 2.05) is 0 Å². The Morgan fingerprint density at radius 1 is 1.38 bits per heavy atom. The van der Waals surface area contributed by atoms with Gasteiger partial charge in [-0.25, -0.2) is 13.2 Å². The SMILES string of the molecule is CCNC(=O)CN(CC)S(=O)(=O)c1cc(C(=O)O)n(C)c1. The lowest BCUT2D eigenvalue weighted by Crippen LogP contribution is -2.40. The van der Waals surface area contributed by atoms with Gasteiger partial charge in [0.2, 0.25) is 15.9 Å². The number of carboxylic acid groups (broad SMARTS) is 1. The van der Waals surface area contributed by atoms with Crippen LogP contribution in [0.25, 0.3) is 0 Å². The molecule has 1 amide bonds. The Kier molecular flexibility index (Phi) is 5.50. The zero-order chi connectivity index (χ0) is 16.2. The highest BCUT2D eigenvalue weighted by atomic mass is 32.2. The van der Waals surface area contributed by atoms with E-state index in [0.29, 0.717) is 6.54 Å². The molecule has 0 saturated carbocycles. The first-order valence-electron chi connectivity index (χ1n) is 6.40. The Morgan fingerprint density at radius 3 is 2.43 bits per heavy atom. The normalized spacial score (nSPS) is 11.6. The molecule has 0 aromatic carbocycles. The molecule has 0 aliphatic rings. The van der Waals surface area contributed by atoms with Crippen LogP contribution in [0.4, 0.5) is 0 Å². The Balaban J connectivity index is 3.10.